The van der Waals surface area contributed by atoms with Gasteiger partial charge in [0.25, 0.3) is 0 Å². The van der Waals surface area contributed by atoms with Crippen LogP contribution in [0.15, 0.2) is 22.0 Å². The Morgan fingerprint density at radius 3 is 2.89 bits per heavy atom. The van der Waals surface area contributed by atoms with E-state index in [0.717, 1.165) is 9.35 Å². The molecule has 0 saturated carbocycles. The highest BCUT2D eigenvalue weighted by molar-refractivity contribution is 9.10. The van der Waals surface area contributed by atoms with Crippen molar-refractivity contribution in [2.75, 3.05) is 13.1 Å². The van der Waals surface area contributed by atoms with Crippen LogP contribution in [0.1, 0.15) is 11.3 Å². The summed E-state index contributed by atoms with van der Waals surface area (Å²) in [4.78, 5) is 25.2. The van der Waals surface area contributed by atoms with Crippen molar-refractivity contribution in [1.82, 2.24) is 4.90 Å². The molecule has 18 heavy (non-hydrogen) atoms. The summed E-state index contributed by atoms with van der Waals surface area (Å²) in [5.74, 6) is -1.36. The monoisotopic (exact) mass is 329 g/mol. The third-order valence-corrected chi connectivity index (χ3v) is 4.49. The number of rotatable bonds is 3. The topological polar surface area (TPSA) is 57.6 Å². The average Bonchev–Trinajstić information content (AvgIpc) is 2.94. The zero-order valence-electron chi connectivity index (χ0n) is 9.51. The molecule has 4 nitrogen and oxygen atoms in total. The first kappa shape index (κ1) is 13.3. The fraction of sp³-hybridized carbons (Fsp3) is 0.333. The van der Waals surface area contributed by atoms with Gasteiger partial charge in [-0.2, -0.15) is 0 Å². The molecular formula is C12H12BrNO3S. The van der Waals surface area contributed by atoms with Crippen molar-refractivity contribution in [2.45, 2.75) is 6.42 Å². The molecule has 1 amide bonds. The predicted molar refractivity (Wildman–Crippen MR) is 73.4 cm³/mol. The maximum Gasteiger partial charge on any atom is 0.308 e. The summed E-state index contributed by atoms with van der Waals surface area (Å²) >= 11 is 4.89. The van der Waals surface area contributed by atoms with Crippen LogP contribution in [0.5, 0.6) is 0 Å². The van der Waals surface area contributed by atoms with Crippen molar-refractivity contribution in [3.8, 4) is 0 Å². The predicted octanol–water partition coefficient (Wildman–Crippen LogP) is 2.46. The van der Waals surface area contributed by atoms with Gasteiger partial charge in [-0.25, -0.2) is 0 Å². The van der Waals surface area contributed by atoms with Crippen molar-refractivity contribution in [1.29, 1.82) is 0 Å². The summed E-state index contributed by atoms with van der Waals surface area (Å²) in [7, 11) is 0. The fourth-order valence-corrected chi connectivity index (χ4v) is 3.17. The summed E-state index contributed by atoms with van der Waals surface area (Å²) in [5.41, 5.74) is 0. The van der Waals surface area contributed by atoms with Gasteiger partial charge in [0.05, 0.1) is 5.92 Å². The molecule has 2 heterocycles. The van der Waals surface area contributed by atoms with Crippen molar-refractivity contribution in [2.24, 2.45) is 5.92 Å². The van der Waals surface area contributed by atoms with Crippen molar-refractivity contribution < 1.29 is 14.7 Å². The van der Waals surface area contributed by atoms with E-state index in [1.54, 1.807) is 22.3 Å². The zero-order chi connectivity index (χ0) is 13.1. The third kappa shape index (κ3) is 3.20. The Bertz CT molecular complexity index is 497. The molecule has 0 spiro atoms. The molecule has 1 unspecified atom stereocenters. The van der Waals surface area contributed by atoms with Gasteiger partial charge in [0.15, 0.2) is 0 Å². The number of amides is 1. The number of carbonyl (C=O) groups is 2. The molecule has 96 valence electrons. The van der Waals surface area contributed by atoms with Crippen LogP contribution in [0, 0.1) is 5.92 Å². The van der Waals surface area contributed by atoms with Crippen LogP contribution in [0.2, 0.25) is 0 Å². The van der Waals surface area contributed by atoms with Crippen LogP contribution in [0.4, 0.5) is 0 Å². The fourth-order valence-electron chi connectivity index (χ4n) is 1.84. The summed E-state index contributed by atoms with van der Waals surface area (Å²) in [5, 5.41) is 10.8. The van der Waals surface area contributed by atoms with Gasteiger partial charge < -0.3 is 10.0 Å². The summed E-state index contributed by atoms with van der Waals surface area (Å²) in [6.45, 7) is 0.834. The summed E-state index contributed by atoms with van der Waals surface area (Å²) in [6, 6.07) is 1.93. The number of hydrogen-bond acceptors (Lipinski definition) is 3. The summed E-state index contributed by atoms with van der Waals surface area (Å²) in [6.07, 6.45) is 3.80. The highest BCUT2D eigenvalue weighted by Crippen LogP contribution is 2.21. The van der Waals surface area contributed by atoms with E-state index in [4.69, 9.17) is 5.11 Å². The molecule has 1 aliphatic heterocycles. The first-order valence-corrected chi connectivity index (χ1v) is 7.17. The molecule has 2 rings (SSSR count). The lowest BCUT2D eigenvalue weighted by molar-refractivity contribution is -0.141. The van der Waals surface area contributed by atoms with Gasteiger partial charge >= 0.3 is 5.97 Å². The van der Waals surface area contributed by atoms with Crippen molar-refractivity contribution >= 4 is 45.2 Å². The van der Waals surface area contributed by atoms with Gasteiger partial charge in [0.1, 0.15) is 0 Å². The van der Waals surface area contributed by atoms with Crippen LogP contribution >= 0.6 is 27.3 Å². The van der Waals surface area contributed by atoms with E-state index in [1.807, 2.05) is 11.4 Å². The van der Waals surface area contributed by atoms with E-state index < -0.39 is 11.9 Å². The molecule has 1 saturated heterocycles. The Balaban J connectivity index is 1.93. The molecule has 0 aromatic carbocycles. The third-order valence-electron chi connectivity index (χ3n) is 2.83. The molecule has 1 atom stereocenters. The lowest BCUT2D eigenvalue weighted by Crippen LogP contribution is -2.28. The van der Waals surface area contributed by atoms with E-state index in [9.17, 15) is 9.59 Å². The smallest absolute Gasteiger partial charge is 0.308 e. The molecule has 0 radical (unpaired) electrons. The molecule has 6 heteroatoms. The Morgan fingerprint density at radius 1 is 1.56 bits per heavy atom. The highest BCUT2D eigenvalue weighted by atomic mass is 79.9. The molecule has 0 bridgehead atoms. The highest BCUT2D eigenvalue weighted by Gasteiger charge is 2.29. The zero-order valence-corrected chi connectivity index (χ0v) is 11.9. The van der Waals surface area contributed by atoms with Crippen LogP contribution in [-0.2, 0) is 9.59 Å². The molecule has 1 aromatic rings. The average molecular weight is 330 g/mol. The number of halogens is 1. The molecule has 1 N–H and O–H groups in total. The Morgan fingerprint density at radius 2 is 2.33 bits per heavy atom. The van der Waals surface area contributed by atoms with Gasteiger partial charge in [-0.15, -0.1) is 11.3 Å². The normalized spacial score (nSPS) is 19.6. The molecule has 1 fully saturated rings. The van der Waals surface area contributed by atoms with Crippen LogP contribution in [0.25, 0.3) is 6.08 Å². The minimum absolute atomic E-state index is 0.122. The van der Waals surface area contributed by atoms with Gasteiger partial charge in [-0.1, -0.05) is 0 Å². The maximum absolute atomic E-state index is 11.8. The van der Waals surface area contributed by atoms with Crippen LogP contribution < -0.4 is 0 Å². The second kappa shape index (κ2) is 5.67. The second-order valence-corrected chi connectivity index (χ2v) is 5.97. The minimum atomic E-state index is -0.823. The second-order valence-electron chi connectivity index (χ2n) is 4.11. The molecule has 0 aliphatic carbocycles. The number of hydrogen-bond donors (Lipinski definition) is 1. The first-order valence-electron chi connectivity index (χ1n) is 5.50. The molecule has 1 aromatic heterocycles. The van der Waals surface area contributed by atoms with Gasteiger partial charge in [0, 0.05) is 33.9 Å². The Labute approximate surface area is 117 Å². The Hall–Kier alpha value is -1.14. The SMILES string of the molecule is O=C(O)C1CCN(C(=O)C=Cc2cc(Br)cs2)C1. The lowest BCUT2D eigenvalue weighted by atomic mass is 10.1. The van der Waals surface area contributed by atoms with E-state index in [1.165, 1.54) is 6.08 Å². The van der Waals surface area contributed by atoms with Gasteiger partial charge in [0.2, 0.25) is 5.91 Å². The van der Waals surface area contributed by atoms with E-state index in [0.29, 0.717) is 19.5 Å². The van der Waals surface area contributed by atoms with Gasteiger partial charge in [-0.05, 0) is 34.5 Å². The molecular weight excluding hydrogens is 318 g/mol. The lowest BCUT2D eigenvalue weighted by Gasteiger charge is -2.12. The Kier molecular flexibility index (Phi) is 4.19. The number of carboxylic acids is 1. The largest absolute Gasteiger partial charge is 0.481 e. The van der Waals surface area contributed by atoms with Crippen molar-refractivity contribution in [3.05, 3.63) is 26.9 Å². The van der Waals surface area contributed by atoms with Crippen LogP contribution in [0.3, 0.4) is 0 Å². The standard InChI is InChI=1S/C12H12BrNO3S/c13-9-5-10(18-7-9)1-2-11(15)14-4-3-8(6-14)12(16)17/h1-2,5,7-8H,3-4,6H2,(H,16,17). The van der Waals surface area contributed by atoms with E-state index in [2.05, 4.69) is 15.9 Å². The number of aliphatic carboxylic acids is 1. The summed E-state index contributed by atoms with van der Waals surface area (Å²) < 4.78 is 0.992. The van der Waals surface area contributed by atoms with Crippen molar-refractivity contribution in [3.63, 3.8) is 0 Å². The number of carboxylic acid groups (broad SMARTS) is 1. The number of nitrogens with zero attached hydrogens (tertiary/aromatic N) is 1. The number of likely N-dealkylation sites (tertiary alicyclic amines) is 1. The molecule has 1 aliphatic rings. The van der Waals surface area contributed by atoms with E-state index >= 15 is 0 Å². The number of carbonyl (C=O) groups excluding carboxylic acids is 1. The minimum Gasteiger partial charge on any atom is -0.481 e. The van der Waals surface area contributed by atoms with Crippen LogP contribution in [-0.4, -0.2) is 35.0 Å². The first-order chi connectivity index (χ1) is 8.56. The van der Waals surface area contributed by atoms with Gasteiger partial charge in [-0.3, -0.25) is 9.59 Å². The van der Waals surface area contributed by atoms with E-state index in [-0.39, 0.29) is 5.91 Å². The maximum atomic E-state index is 11.8. The number of thiophene rings is 1. The quantitative estimate of drug-likeness (QED) is 0.866.